The number of para-hydroxylation sites is 1. The maximum atomic E-state index is 12.8. The molecule has 0 aliphatic carbocycles. The van der Waals surface area contributed by atoms with Crippen LogP contribution in [0.5, 0.6) is 11.5 Å². The van der Waals surface area contributed by atoms with Crippen molar-refractivity contribution >= 4 is 5.91 Å². The largest absolute Gasteiger partial charge is 0.497 e. The Morgan fingerprint density at radius 2 is 1.80 bits per heavy atom. The first-order valence-electron chi connectivity index (χ1n) is 9.86. The average Bonchev–Trinajstić information content (AvgIpc) is 3.21. The van der Waals surface area contributed by atoms with Gasteiger partial charge < -0.3 is 18.9 Å². The van der Waals surface area contributed by atoms with Gasteiger partial charge in [0.25, 0.3) is 5.91 Å². The lowest BCUT2D eigenvalue weighted by Crippen LogP contribution is -2.37. The summed E-state index contributed by atoms with van der Waals surface area (Å²) in [5.41, 5.74) is 1.88. The zero-order valence-electron chi connectivity index (χ0n) is 18.0. The van der Waals surface area contributed by atoms with E-state index in [0.29, 0.717) is 17.6 Å². The summed E-state index contributed by atoms with van der Waals surface area (Å²) in [4.78, 5) is 18.7. The molecule has 0 radical (unpaired) electrons. The second-order valence-corrected chi connectivity index (χ2v) is 7.39. The summed E-state index contributed by atoms with van der Waals surface area (Å²) in [6.07, 6.45) is -0.640. The highest BCUT2D eigenvalue weighted by molar-refractivity contribution is 5.80. The van der Waals surface area contributed by atoms with Gasteiger partial charge in [0.05, 0.1) is 13.7 Å². The molecule has 2 aromatic carbocycles. The first kappa shape index (κ1) is 21.4. The molecule has 1 aromatic heterocycles. The number of hydrogen-bond acceptors (Lipinski definition) is 6. The van der Waals surface area contributed by atoms with E-state index in [1.54, 1.807) is 21.1 Å². The Balaban J connectivity index is 1.63. The van der Waals surface area contributed by atoms with Gasteiger partial charge in [0, 0.05) is 12.6 Å². The van der Waals surface area contributed by atoms with Crippen molar-refractivity contribution in [3.05, 3.63) is 60.0 Å². The lowest BCUT2D eigenvalue weighted by Gasteiger charge is -2.22. The summed E-state index contributed by atoms with van der Waals surface area (Å²) in [5, 5.41) is 4.00. The van der Waals surface area contributed by atoms with Crippen LogP contribution >= 0.6 is 0 Å². The standard InChI is InChI=1S/C23H27N3O4/c1-15(2)19-8-6-7-9-20(19)29-16(3)23(27)26(4)14-21-24-22(25-30-21)17-10-12-18(28-5)13-11-17/h6-13,15-16H,14H2,1-5H3. The van der Waals surface area contributed by atoms with Gasteiger partial charge in [-0.2, -0.15) is 4.98 Å². The van der Waals surface area contributed by atoms with Crippen LogP contribution in [0.1, 0.15) is 38.1 Å². The monoisotopic (exact) mass is 409 g/mol. The van der Waals surface area contributed by atoms with E-state index in [9.17, 15) is 4.79 Å². The number of nitrogens with zero attached hydrogens (tertiary/aromatic N) is 3. The molecule has 7 nitrogen and oxygen atoms in total. The minimum atomic E-state index is -0.640. The van der Waals surface area contributed by atoms with Crippen LogP contribution in [-0.4, -0.2) is 41.2 Å². The molecule has 0 N–H and O–H groups in total. The molecule has 3 rings (SSSR count). The molecule has 1 unspecified atom stereocenters. The number of ether oxygens (including phenoxy) is 2. The molecule has 3 aromatic rings. The summed E-state index contributed by atoms with van der Waals surface area (Å²) in [6, 6.07) is 15.1. The molecule has 0 aliphatic heterocycles. The zero-order valence-corrected chi connectivity index (χ0v) is 18.0. The summed E-state index contributed by atoms with van der Waals surface area (Å²) in [5.74, 6) is 2.42. The number of amides is 1. The van der Waals surface area contributed by atoms with Crippen LogP contribution in [0.2, 0.25) is 0 Å². The molecule has 0 saturated carbocycles. The lowest BCUT2D eigenvalue weighted by molar-refractivity contribution is -0.137. The zero-order chi connectivity index (χ0) is 21.7. The third kappa shape index (κ3) is 4.97. The first-order chi connectivity index (χ1) is 14.4. The number of carbonyl (C=O) groups excluding carboxylic acids is 1. The SMILES string of the molecule is COc1ccc(-c2noc(CN(C)C(=O)C(C)Oc3ccccc3C(C)C)n2)cc1. The average molecular weight is 409 g/mol. The van der Waals surface area contributed by atoms with Crippen molar-refractivity contribution in [2.24, 2.45) is 0 Å². The van der Waals surface area contributed by atoms with E-state index >= 15 is 0 Å². The number of benzene rings is 2. The number of hydrogen-bond donors (Lipinski definition) is 0. The summed E-state index contributed by atoms with van der Waals surface area (Å²) in [6.45, 7) is 6.13. The van der Waals surface area contributed by atoms with Crippen LogP contribution in [-0.2, 0) is 11.3 Å². The van der Waals surface area contributed by atoms with Crippen LogP contribution in [0.3, 0.4) is 0 Å². The fourth-order valence-electron chi connectivity index (χ4n) is 3.07. The van der Waals surface area contributed by atoms with Crippen molar-refractivity contribution in [3.63, 3.8) is 0 Å². The van der Waals surface area contributed by atoms with Crippen molar-refractivity contribution in [2.75, 3.05) is 14.2 Å². The van der Waals surface area contributed by atoms with Gasteiger partial charge in [0.15, 0.2) is 6.10 Å². The van der Waals surface area contributed by atoms with E-state index in [2.05, 4.69) is 24.0 Å². The van der Waals surface area contributed by atoms with E-state index in [1.807, 2.05) is 48.5 Å². The highest BCUT2D eigenvalue weighted by atomic mass is 16.5. The summed E-state index contributed by atoms with van der Waals surface area (Å²) in [7, 11) is 3.30. The van der Waals surface area contributed by atoms with Gasteiger partial charge in [0.2, 0.25) is 11.7 Å². The molecule has 0 aliphatic rings. The molecule has 30 heavy (non-hydrogen) atoms. The number of carbonyl (C=O) groups is 1. The maximum absolute atomic E-state index is 12.8. The summed E-state index contributed by atoms with van der Waals surface area (Å²) < 4.78 is 16.4. The number of aromatic nitrogens is 2. The van der Waals surface area contributed by atoms with Crippen molar-refractivity contribution in [2.45, 2.75) is 39.3 Å². The van der Waals surface area contributed by atoms with Crippen LogP contribution in [0.25, 0.3) is 11.4 Å². The van der Waals surface area contributed by atoms with Gasteiger partial charge in [-0.15, -0.1) is 0 Å². The molecule has 1 heterocycles. The van der Waals surface area contributed by atoms with E-state index in [4.69, 9.17) is 14.0 Å². The molecule has 1 atom stereocenters. The van der Waals surface area contributed by atoms with Crippen LogP contribution in [0.15, 0.2) is 53.1 Å². The Bertz CT molecular complexity index is 982. The number of rotatable bonds is 8. The molecule has 0 saturated heterocycles. The molecule has 7 heteroatoms. The molecule has 1 amide bonds. The lowest BCUT2D eigenvalue weighted by atomic mass is 10.0. The molecule has 0 spiro atoms. The molecular weight excluding hydrogens is 382 g/mol. The molecule has 0 bridgehead atoms. The van der Waals surface area contributed by atoms with Crippen molar-refractivity contribution in [1.29, 1.82) is 0 Å². The van der Waals surface area contributed by atoms with Crippen LogP contribution in [0.4, 0.5) is 0 Å². The Morgan fingerprint density at radius 1 is 1.10 bits per heavy atom. The maximum Gasteiger partial charge on any atom is 0.263 e. The Labute approximate surface area is 176 Å². The van der Waals surface area contributed by atoms with Gasteiger partial charge in [-0.3, -0.25) is 4.79 Å². The minimum Gasteiger partial charge on any atom is -0.497 e. The molecule has 158 valence electrons. The summed E-state index contributed by atoms with van der Waals surface area (Å²) >= 11 is 0. The molecule has 0 fully saturated rings. The van der Waals surface area contributed by atoms with Gasteiger partial charge >= 0.3 is 0 Å². The van der Waals surface area contributed by atoms with Gasteiger partial charge in [-0.05, 0) is 48.7 Å². The number of likely N-dealkylation sites (N-methyl/N-ethyl adjacent to an activating group) is 1. The van der Waals surface area contributed by atoms with Gasteiger partial charge in [0.1, 0.15) is 11.5 Å². The van der Waals surface area contributed by atoms with Crippen LogP contribution < -0.4 is 9.47 Å². The fraction of sp³-hybridized carbons (Fsp3) is 0.348. The smallest absolute Gasteiger partial charge is 0.263 e. The van der Waals surface area contributed by atoms with Crippen molar-refractivity contribution in [1.82, 2.24) is 15.0 Å². The number of methoxy groups -OCH3 is 1. The van der Waals surface area contributed by atoms with Crippen molar-refractivity contribution in [3.8, 4) is 22.9 Å². The topological polar surface area (TPSA) is 77.7 Å². The third-order valence-electron chi connectivity index (χ3n) is 4.76. The van der Waals surface area contributed by atoms with Crippen LogP contribution in [0, 0.1) is 0 Å². The van der Waals surface area contributed by atoms with E-state index in [1.165, 1.54) is 4.90 Å². The highest BCUT2D eigenvalue weighted by Gasteiger charge is 2.22. The fourth-order valence-corrected chi connectivity index (χ4v) is 3.07. The van der Waals surface area contributed by atoms with E-state index in [-0.39, 0.29) is 12.5 Å². The van der Waals surface area contributed by atoms with Crippen molar-refractivity contribution < 1.29 is 18.8 Å². The normalized spacial score (nSPS) is 11.9. The highest BCUT2D eigenvalue weighted by Crippen LogP contribution is 2.27. The predicted octanol–water partition coefficient (Wildman–Crippen LogP) is 4.29. The second kappa shape index (κ2) is 9.43. The second-order valence-electron chi connectivity index (χ2n) is 7.39. The van der Waals surface area contributed by atoms with Gasteiger partial charge in [-0.25, -0.2) is 0 Å². The third-order valence-corrected chi connectivity index (χ3v) is 4.76. The minimum absolute atomic E-state index is 0.169. The van der Waals surface area contributed by atoms with E-state index < -0.39 is 6.10 Å². The van der Waals surface area contributed by atoms with Gasteiger partial charge in [-0.1, -0.05) is 37.2 Å². The molecular formula is C23H27N3O4. The quantitative estimate of drug-likeness (QED) is 0.552. The van der Waals surface area contributed by atoms with E-state index in [0.717, 1.165) is 22.6 Å². The Kier molecular flexibility index (Phi) is 6.72. The predicted molar refractivity (Wildman–Crippen MR) is 113 cm³/mol. The Hall–Kier alpha value is -3.35. The Morgan fingerprint density at radius 3 is 2.47 bits per heavy atom. The first-order valence-corrected chi connectivity index (χ1v) is 9.86.